The van der Waals surface area contributed by atoms with Crippen LogP contribution in [0.25, 0.3) is 0 Å². The maximum Gasteiger partial charge on any atom is 0.322 e. The molecule has 1 aliphatic heterocycles. The van der Waals surface area contributed by atoms with E-state index in [0.717, 1.165) is 29.9 Å². The Bertz CT molecular complexity index is 1070. The molecule has 30 heavy (non-hydrogen) atoms. The third-order valence-corrected chi connectivity index (χ3v) is 5.81. The zero-order valence-electron chi connectivity index (χ0n) is 16.4. The summed E-state index contributed by atoms with van der Waals surface area (Å²) < 4.78 is 16.2. The van der Waals surface area contributed by atoms with Crippen LogP contribution in [0.4, 0.5) is 14.9 Å². The predicted molar refractivity (Wildman–Crippen MR) is 117 cm³/mol. The van der Waals surface area contributed by atoms with Gasteiger partial charge in [-0.3, -0.25) is 0 Å². The second-order valence-electron chi connectivity index (χ2n) is 7.38. The van der Waals surface area contributed by atoms with Gasteiger partial charge in [-0.25, -0.2) is 14.2 Å². The van der Waals surface area contributed by atoms with Crippen molar-refractivity contribution in [2.45, 2.75) is 32.4 Å². The number of aryl methyl sites for hydroxylation is 1. The topological polar surface area (TPSA) is 50.2 Å². The summed E-state index contributed by atoms with van der Waals surface area (Å²) in [6.07, 6.45) is 3.47. The van der Waals surface area contributed by atoms with Crippen LogP contribution in [0.5, 0.6) is 0 Å². The van der Waals surface area contributed by atoms with Gasteiger partial charge in [0.1, 0.15) is 11.6 Å². The van der Waals surface area contributed by atoms with Crippen LogP contribution in [0.1, 0.15) is 36.0 Å². The molecule has 156 valence electrons. The molecule has 0 bridgehead atoms. The van der Waals surface area contributed by atoms with E-state index >= 15 is 0 Å². The van der Waals surface area contributed by atoms with Crippen molar-refractivity contribution in [3.63, 3.8) is 0 Å². The molecule has 1 N–H and O–H groups in total. The van der Waals surface area contributed by atoms with Gasteiger partial charge in [0.05, 0.1) is 11.7 Å². The molecule has 4 rings (SSSR count). The number of benzene rings is 2. The lowest BCUT2D eigenvalue weighted by molar-refractivity contribution is 0.204. The molecule has 8 heteroatoms. The van der Waals surface area contributed by atoms with Gasteiger partial charge in [0.2, 0.25) is 0 Å². The number of carbonyl (C=O) groups is 1. The van der Waals surface area contributed by atoms with Crippen molar-refractivity contribution in [3.05, 3.63) is 81.6 Å². The zero-order chi connectivity index (χ0) is 21.3. The standard InChI is InChI=1S/C22H21Cl2FN4O/c1-14-12-26-21(29(14)13-15-4-6-16(23)7-5-15)20-3-2-10-28(20)22(30)27-19-9-8-17(24)11-18(19)25/h4-9,11-12,20H,2-3,10,13H2,1H3,(H,27,30)/t20-/m1/s1. The van der Waals surface area contributed by atoms with Gasteiger partial charge in [0.25, 0.3) is 0 Å². The molecule has 3 aromatic rings. The fourth-order valence-electron chi connectivity index (χ4n) is 3.78. The molecular weight excluding hydrogens is 426 g/mol. The van der Waals surface area contributed by atoms with Crippen LogP contribution in [-0.4, -0.2) is 27.0 Å². The van der Waals surface area contributed by atoms with Crippen LogP contribution in [0.3, 0.4) is 0 Å². The molecule has 5 nitrogen and oxygen atoms in total. The van der Waals surface area contributed by atoms with E-state index in [0.29, 0.717) is 18.1 Å². The first-order valence-electron chi connectivity index (χ1n) is 9.71. The molecule has 2 heterocycles. The number of urea groups is 1. The van der Waals surface area contributed by atoms with Gasteiger partial charge in [0, 0.05) is 35.0 Å². The number of nitrogens with zero attached hydrogens (tertiary/aromatic N) is 3. The van der Waals surface area contributed by atoms with Crippen LogP contribution in [0.15, 0.2) is 48.7 Å². The zero-order valence-corrected chi connectivity index (χ0v) is 17.9. The minimum Gasteiger partial charge on any atom is -0.326 e. The minimum absolute atomic E-state index is 0.107. The summed E-state index contributed by atoms with van der Waals surface area (Å²) in [7, 11) is 0. The highest BCUT2D eigenvalue weighted by molar-refractivity contribution is 6.30. The second-order valence-corrected chi connectivity index (χ2v) is 8.25. The maximum atomic E-state index is 14.1. The Morgan fingerprint density at radius 1 is 1.20 bits per heavy atom. The number of rotatable bonds is 4. The van der Waals surface area contributed by atoms with Crippen molar-refractivity contribution >= 4 is 34.9 Å². The van der Waals surface area contributed by atoms with Gasteiger partial charge in [-0.1, -0.05) is 35.3 Å². The highest BCUT2D eigenvalue weighted by atomic mass is 35.5. The van der Waals surface area contributed by atoms with Crippen molar-refractivity contribution < 1.29 is 9.18 Å². The fraction of sp³-hybridized carbons (Fsp3) is 0.273. The van der Waals surface area contributed by atoms with Gasteiger partial charge < -0.3 is 14.8 Å². The minimum atomic E-state index is -0.563. The number of amides is 2. The Labute approximate surface area is 184 Å². The number of carbonyl (C=O) groups excluding carboxylic acids is 1. The van der Waals surface area contributed by atoms with Gasteiger partial charge >= 0.3 is 6.03 Å². The third kappa shape index (κ3) is 4.30. The average Bonchev–Trinajstić information content (AvgIpc) is 3.33. The van der Waals surface area contributed by atoms with Gasteiger partial charge in [-0.05, 0) is 55.7 Å². The molecule has 1 atom stereocenters. The molecule has 1 saturated heterocycles. The van der Waals surface area contributed by atoms with Crippen LogP contribution in [0.2, 0.25) is 10.0 Å². The molecule has 0 aliphatic carbocycles. The first-order valence-corrected chi connectivity index (χ1v) is 10.5. The molecule has 0 spiro atoms. The largest absolute Gasteiger partial charge is 0.326 e. The van der Waals surface area contributed by atoms with Crippen LogP contribution >= 0.6 is 23.2 Å². The first kappa shape index (κ1) is 20.7. The quantitative estimate of drug-likeness (QED) is 0.529. The van der Waals surface area contributed by atoms with Crippen molar-refractivity contribution in [3.8, 4) is 0 Å². The first-order chi connectivity index (χ1) is 14.4. The number of anilines is 1. The highest BCUT2D eigenvalue weighted by Crippen LogP contribution is 2.33. The average molecular weight is 447 g/mol. The lowest BCUT2D eigenvalue weighted by Crippen LogP contribution is -2.35. The summed E-state index contributed by atoms with van der Waals surface area (Å²) in [6.45, 7) is 3.21. The van der Waals surface area contributed by atoms with E-state index in [1.165, 1.54) is 12.1 Å². The Hall–Kier alpha value is -2.57. The van der Waals surface area contributed by atoms with Gasteiger partial charge in [-0.2, -0.15) is 0 Å². The Morgan fingerprint density at radius 3 is 2.67 bits per heavy atom. The molecule has 0 saturated carbocycles. The van der Waals surface area contributed by atoms with Crippen molar-refractivity contribution in [1.29, 1.82) is 0 Å². The SMILES string of the molecule is Cc1cnc([C@H]2CCCN2C(=O)Nc2ccc(Cl)cc2F)n1Cc1ccc(Cl)cc1. The number of hydrogen-bond donors (Lipinski definition) is 1. The van der Waals surface area contributed by atoms with E-state index in [4.69, 9.17) is 23.2 Å². The number of likely N-dealkylation sites (tertiary alicyclic amines) is 1. The summed E-state index contributed by atoms with van der Waals surface area (Å²) in [6, 6.07) is 11.3. The lowest BCUT2D eigenvalue weighted by atomic mass is 10.2. The number of nitrogens with one attached hydrogen (secondary N) is 1. The second kappa shape index (κ2) is 8.66. The number of hydrogen-bond acceptors (Lipinski definition) is 2. The molecular formula is C22H21Cl2FN4O. The predicted octanol–water partition coefficient (Wildman–Crippen LogP) is 6.05. The van der Waals surface area contributed by atoms with Crippen molar-refractivity contribution in [2.75, 3.05) is 11.9 Å². The van der Waals surface area contributed by atoms with Gasteiger partial charge in [0.15, 0.2) is 0 Å². The van der Waals surface area contributed by atoms with E-state index in [1.807, 2.05) is 37.4 Å². The Balaban J connectivity index is 1.56. The van der Waals surface area contributed by atoms with Gasteiger partial charge in [-0.15, -0.1) is 0 Å². The van der Waals surface area contributed by atoms with E-state index < -0.39 is 5.82 Å². The highest BCUT2D eigenvalue weighted by Gasteiger charge is 2.33. The molecule has 1 fully saturated rings. The van der Waals surface area contributed by atoms with Crippen LogP contribution < -0.4 is 5.32 Å². The van der Waals surface area contributed by atoms with E-state index in [2.05, 4.69) is 14.9 Å². The maximum absolute atomic E-state index is 14.1. The van der Waals surface area contributed by atoms with E-state index in [-0.39, 0.29) is 22.8 Å². The molecule has 2 aromatic carbocycles. The van der Waals surface area contributed by atoms with Crippen LogP contribution in [0, 0.1) is 12.7 Å². The Morgan fingerprint density at radius 2 is 1.93 bits per heavy atom. The summed E-state index contributed by atoms with van der Waals surface area (Å²) in [5.74, 6) is 0.262. The normalized spacial score (nSPS) is 16.1. The summed E-state index contributed by atoms with van der Waals surface area (Å²) in [4.78, 5) is 19.2. The number of imidazole rings is 1. The summed E-state index contributed by atoms with van der Waals surface area (Å²) in [5, 5.41) is 3.63. The third-order valence-electron chi connectivity index (χ3n) is 5.32. The van der Waals surface area contributed by atoms with Crippen LogP contribution in [-0.2, 0) is 6.54 Å². The van der Waals surface area contributed by atoms with Crippen molar-refractivity contribution in [1.82, 2.24) is 14.5 Å². The molecule has 0 unspecified atom stereocenters. The number of halogens is 3. The van der Waals surface area contributed by atoms with E-state index in [9.17, 15) is 9.18 Å². The van der Waals surface area contributed by atoms with Crippen molar-refractivity contribution in [2.24, 2.45) is 0 Å². The fourth-order valence-corrected chi connectivity index (χ4v) is 4.06. The summed E-state index contributed by atoms with van der Waals surface area (Å²) >= 11 is 11.8. The Kier molecular flexibility index (Phi) is 5.97. The molecule has 0 radical (unpaired) electrons. The molecule has 1 aliphatic rings. The molecule has 2 amide bonds. The molecule has 1 aromatic heterocycles. The summed E-state index contributed by atoms with van der Waals surface area (Å²) in [5.41, 5.74) is 2.21. The monoisotopic (exact) mass is 446 g/mol. The smallest absolute Gasteiger partial charge is 0.322 e. The van der Waals surface area contributed by atoms with E-state index in [1.54, 1.807) is 11.0 Å². The number of aromatic nitrogens is 2. The lowest BCUT2D eigenvalue weighted by Gasteiger charge is -2.26.